The highest BCUT2D eigenvalue weighted by atomic mass is 19.1. The van der Waals surface area contributed by atoms with Crippen molar-refractivity contribution in [1.82, 2.24) is 0 Å². The molecule has 76 valence electrons. The van der Waals surface area contributed by atoms with Crippen molar-refractivity contribution in [3.05, 3.63) is 47.2 Å². The van der Waals surface area contributed by atoms with Crippen molar-refractivity contribution in [2.24, 2.45) is 0 Å². The Hall–Kier alpha value is -1.38. The Morgan fingerprint density at radius 3 is 2.29 bits per heavy atom. The summed E-state index contributed by atoms with van der Waals surface area (Å²) < 4.78 is 26.1. The summed E-state index contributed by atoms with van der Waals surface area (Å²) in [5.41, 5.74) is 0.553. The molecule has 0 aromatic heterocycles. The quantitative estimate of drug-likeness (QED) is 0.739. The van der Waals surface area contributed by atoms with Gasteiger partial charge in [-0.05, 0) is 31.0 Å². The molecule has 0 atom stereocenters. The van der Waals surface area contributed by atoms with Gasteiger partial charge in [-0.1, -0.05) is 6.58 Å². The lowest BCUT2D eigenvalue weighted by Crippen LogP contribution is -1.94. The maximum atomic E-state index is 13.0. The molecule has 1 aromatic carbocycles. The average molecular weight is 198 g/mol. The van der Waals surface area contributed by atoms with E-state index in [2.05, 4.69) is 6.58 Å². The number of rotatable bonds is 3. The third-order valence-electron chi connectivity index (χ3n) is 2.04. The summed E-state index contributed by atoms with van der Waals surface area (Å²) in [6, 6.07) is 2.56. The molecule has 0 fully saturated rings. The Kier molecular flexibility index (Phi) is 3.23. The molecule has 1 nitrogen and oxygen atoms in total. The minimum atomic E-state index is -0.552. The third kappa shape index (κ3) is 2.55. The van der Waals surface area contributed by atoms with E-state index in [0.717, 1.165) is 0 Å². The van der Waals surface area contributed by atoms with E-state index in [1.807, 2.05) is 0 Å². The van der Waals surface area contributed by atoms with Gasteiger partial charge in [-0.3, -0.25) is 0 Å². The van der Waals surface area contributed by atoms with E-state index in [0.29, 0.717) is 18.4 Å². The largest absolute Gasteiger partial charge is 0.513 e. The van der Waals surface area contributed by atoms with Gasteiger partial charge in [-0.2, -0.15) is 0 Å². The average Bonchev–Trinajstić information content (AvgIpc) is 2.10. The molecule has 3 heteroatoms. The molecule has 0 aliphatic rings. The monoisotopic (exact) mass is 198 g/mol. The molecule has 0 aliphatic heterocycles. The fraction of sp³-hybridized carbons (Fsp3) is 0.273. The van der Waals surface area contributed by atoms with E-state index in [1.165, 1.54) is 19.1 Å². The van der Waals surface area contributed by atoms with Gasteiger partial charge >= 0.3 is 0 Å². The van der Waals surface area contributed by atoms with Crippen LogP contribution in [0.3, 0.4) is 0 Å². The molecule has 0 saturated carbocycles. The van der Waals surface area contributed by atoms with Gasteiger partial charge < -0.3 is 5.11 Å². The van der Waals surface area contributed by atoms with Crippen LogP contribution in [0, 0.1) is 18.6 Å². The van der Waals surface area contributed by atoms with Crippen LogP contribution in [-0.2, 0) is 6.42 Å². The first-order chi connectivity index (χ1) is 6.50. The van der Waals surface area contributed by atoms with Gasteiger partial charge in [0.1, 0.15) is 11.6 Å². The Labute approximate surface area is 81.7 Å². The molecule has 0 spiro atoms. The van der Waals surface area contributed by atoms with Gasteiger partial charge in [-0.25, -0.2) is 8.78 Å². The molecule has 0 saturated heterocycles. The highest BCUT2D eigenvalue weighted by Gasteiger charge is 2.06. The van der Waals surface area contributed by atoms with Crippen molar-refractivity contribution >= 4 is 0 Å². The summed E-state index contributed by atoms with van der Waals surface area (Å²) in [6.07, 6.45) is 0.714. The molecule has 0 bridgehead atoms. The van der Waals surface area contributed by atoms with E-state index in [9.17, 15) is 8.78 Å². The lowest BCUT2D eigenvalue weighted by atomic mass is 10.1. The summed E-state index contributed by atoms with van der Waals surface area (Å²) in [4.78, 5) is 0. The van der Waals surface area contributed by atoms with E-state index >= 15 is 0 Å². The maximum absolute atomic E-state index is 13.0. The highest BCUT2D eigenvalue weighted by Crippen LogP contribution is 2.16. The number of aliphatic hydroxyl groups excluding tert-OH is 1. The molecule has 14 heavy (non-hydrogen) atoms. The molecular formula is C11H12F2O. The number of allylic oxidation sites excluding steroid dienone is 1. The van der Waals surface area contributed by atoms with Crippen LogP contribution in [0.25, 0.3) is 0 Å². The van der Waals surface area contributed by atoms with Crippen LogP contribution < -0.4 is 0 Å². The number of aryl methyl sites for hydroxylation is 1. The highest BCUT2D eigenvalue weighted by molar-refractivity contribution is 5.25. The molecule has 1 rings (SSSR count). The first-order valence-electron chi connectivity index (χ1n) is 4.32. The first kappa shape index (κ1) is 10.7. The Bertz CT molecular complexity index is 335. The fourth-order valence-electron chi connectivity index (χ4n) is 1.13. The van der Waals surface area contributed by atoms with E-state index in [1.54, 1.807) is 0 Å². The Balaban J connectivity index is 2.84. The van der Waals surface area contributed by atoms with E-state index < -0.39 is 11.6 Å². The summed E-state index contributed by atoms with van der Waals surface area (Å²) in [6.45, 7) is 4.69. The minimum Gasteiger partial charge on any atom is -0.513 e. The summed E-state index contributed by atoms with van der Waals surface area (Å²) in [7, 11) is 0. The zero-order valence-electron chi connectivity index (χ0n) is 7.98. The van der Waals surface area contributed by atoms with Crippen molar-refractivity contribution in [1.29, 1.82) is 0 Å². The van der Waals surface area contributed by atoms with Crippen LogP contribution in [0.4, 0.5) is 8.78 Å². The molecule has 0 heterocycles. The van der Waals surface area contributed by atoms with E-state index in [-0.39, 0.29) is 11.3 Å². The lowest BCUT2D eigenvalue weighted by Gasteiger charge is -2.04. The van der Waals surface area contributed by atoms with E-state index in [4.69, 9.17) is 5.11 Å². The molecule has 0 amide bonds. The van der Waals surface area contributed by atoms with Crippen LogP contribution in [0.15, 0.2) is 24.5 Å². The Morgan fingerprint density at radius 2 is 1.86 bits per heavy atom. The molecule has 1 aromatic rings. The van der Waals surface area contributed by atoms with Crippen LogP contribution in [0.5, 0.6) is 0 Å². The van der Waals surface area contributed by atoms with Gasteiger partial charge in [0.15, 0.2) is 0 Å². The van der Waals surface area contributed by atoms with Gasteiger partial charge in [0, 0.05) is 12.0 Å². The second kappa shape index (κ2) is 4.22. The van der Waals surface area contributed by atoms with Crippen LogP contribution in [0.2, 0.25) is 0 Å². The summed E-state index contributed by atoms with van der Waals surface area (Å²) in [5.74, 6) is -1.08. The molecule has 1 N–H and O–H groups in total. The smallest absolute Gasteiger partial charge is 0.129 e. The van der Waals surface area contributed by atoms with Gasteiger partial charge in [0.05, 0.1) is 5.76 Å². The minimum absolute atomic E-state index is 0.0198. The second-order valence-corrected chi connectivity index (χ2v) is 3.25. The number of benzene rings is 1. The number of hydrogen-bond acceptors (Lipinski definition) is 1. The van der Waals surface area contributed by atoms with Crippen molar-refractivity contribution in [2.75, 3.05) is 0 Å². The Morgan fingerprint density at radius 1 is 1.36 bits per heavy atom. The first-order valence-corrected chi connectivity index (χ1v) is 4.32. The molecule has 0 radical (unpaired) electrons. The topological polar surface area (TPSA) is 20.2 Å². The van der Waals surface area contributed by atoms with Gasteiger partial charge in [0.25, 0.3) is 0 Å². The standard InChI is InChI=1S/C11H12F2O/c1-7(14)3-4-9-5-10(12)8(2)11(13)6-9/h5-6,14H,1,3-4H2,2H3. The van der Waals surface area contributed by atoms with Gasteiger partial charge in [0.2, 0.25) is 0 Å². The van der Waals surface area contributed by atoms with Crippen molar-refractivity contribution in [3.8, 4) is 0 Å². The third-order valence-corrected chi connectivity index (χ3v) is 2.04. The van der Waals surface area contributed by atoms with Crippen molar-refractivity contribution < 1.29 is 13.9 Å². The summed E-state index contributed by atoms with van der Waals surface area (Å²) in [5, 5.41) is 8.82. The summed E-state index contributed by atoms with van der Waals surface area (Å²) >= 11 is 0. The predicted octanol–water partition coefficient (Wildman–Crippen LogP) is 3.28. The lowest BCUT2D eigenvalue weighted by molar-refractivity contribution is 0.391. The van der Waals surface area contributed by atoms with Gasteiger partial charge in [-0.15, -0.1) is 0 Å². The van der Waals surface area contributed by atoms with Crippen LogP contribution >= 0.6 is 0 Å². The van der Waals surface area contributed by atoms with Crippen LogP contribution in [0.1, 0.15) is 17.5 Å². The normalized spacial score (nSPS) is 10.2. The fourth-order valence-corrected chi connectivity index (χ4v) is 1.13. The zero-order valence-corrected chi connectivity index (χ0v) is 7.98. The second-order valence-electron chi connectivity index (χ2n) is 3.25. The number of hydrogen-bond donors (Lipinski definition) is 1. The predicted molar refractivity (Wildman–Crippen MR) is 51.2 cm³/mol. The maximum Gasteiger partial charge on any atom is 0.129 e. The molecule has 0 aliphatic carbocycles. The molecular weight excluding hydrogens is 186 g/mol. The number of aliphatic hydroxyl groups is 1. The number of halogens is 2. The van der Waals surface area contributed by atoms with Crippen LogP contribution in [-0.4, -0.2) is 5.11 Å². The zero-order chi connectivity index (χ0) is 10.7. The van der Waals surface area contributed by atoms with Crippen molar-refractivity contribution in [3.63, 3.8) is 0 Å². The SMILES string of the molecule is C=C(O)CCc1cc(F)c(C)c(F)c1. The molecule has 0 unspecified atom stereocenters. The van der Waals surface area contributed by atoms with Crippen molar-refractivity contribution in [2.45, 2.75) is 19.8 Å².